The van der Waals surface area contributed by atoms with Gasteiger partial charge in [-0.15, -0.1) is 0 Å². The van der Waals surface area contributed by atoms with E-state index in [0.717, 1.165) is 5.56 Å². The Bertz CT molecular complexity index is 804. The quantitative estimate of drug-likeness (QED) is 0.486. The van der Waals surface area contributed by atoms with Crippen LogP contribution in [0.2, 0.25) is 10.0 Å². The molecule has 0 aliphatic rings. The number of nitrogens with one attached hydrogen (secondary N) is 1. The normalized spacial score (nSPS) is 10.7. The van der Waals surface area contributed by atoms with Gasteiger partial charge in [0.05, 0.1) is 4.92 Å². The van der Waals surface area contributed by atoms with Crippen molar-refractivity contribution >= 4 is 46.6 Å². The van der Waals surface area contributed by atoms with E-state index in [1.807, 2.05) is 0 Å². The Balaban J connectivity index is 2.17. The van der Waals surface area contributed by atoms with Crippen LogP contribution in [0.4, 0.5) is 11.4 Å². The number of rotatable bonds is 4. The summed E-state index contributed by atoms with van der Waals surface area (Å²) in [5.74, 6) is -0.497. The molecule has 0 heterocycles. The first kappa shape index (κ1) is 17.0. The van der Waals surface area contributed by atoms with Crippen molar-refractivity contribution in [3.05, 3.63) is 73.8 Å². The zero-order valence-corrected chi connectivity index (χ0v) is 13.6. The molecule has 2 rings (SSSR count). The second-order valence-corrected chi connectivity index (χ2v) is 5.61. The van der Waals surface area contributed by atoms with Gasteiger partial charge >= 0.3 is 0 Å². The molecule has 7 heteroatoms. The zero-order valence-electron chi connectivity index (χ0n) is 12.0. The molecule has 0 saturated carbocycles. The van der Waals surface area contributed by atoms with Gasteiger partial charge in [-0.1, -0.05) is 35.3 Å². The molecule has 0 atom stereocenters. The van der Waals surface area contributed by atoms with E-state index in [-0.39, 0.29) is 11.4 Å². The van der Waals surface area contributed by atoms with Crippen molar-refractivity contribution in [2.75, 3.05) is 5.32 Å². The summed E-state index contributed by atoms with van der Waals surface area (Å²) in [6.07, 6.45) is 2.76. The maximum absolute atomic E-state index is 11.9. The molecule has 2 aromatic rings. The monoisotopic (exact) mass is 350 g/mol. The molecule has 1 N–H and O–H groups in total. The largest absolute Gasteiger partial charge is 0.317 e. The van der Waals surface area contributed by atoms with Crippen molar-refractivity contribution in [2.45, 2.75) is 6.92 Å². The fraction of sp³-hybridized carbons (Fsp3) is 0.0625. The van der Waals surface area contributed by atoms with Crippen molar-refractivity contribution in [3.63, 3.8) is 0 Å². The maximum atomic E-state index is 11.9. The van der Waals surface area contributed by atoms with Gasteiger partial charge in [-0.25, -0.2) is 0 Å². The van der Waals surface area contributed by atoms with E-state index < -0.39 is 10.8 Å². The number of halogens is 2. The molecular formula is C16H12Cl2N2O3. The summed E-state index contributed by atoms with van der Waals surface area (Å²) in [5, 5.41) is 14.4. The highest BCUT2D eigenvalue weighted by atomic mass is 35.5. The van der Waals surface area contributed by atoms with E-state index in [4.69, 9.17) is 23.2 Å². The topological polar surface area (TPSA) is 72.2 Å². The first-order valence-corrected chi connectivity index (χ1v) is 7.31. The number of hydrogen-bond donors (Lipinski definition) is 1. The number of nitrogens with zero attached hydrogens (tertiary/aromatic N) is 1. The Kier molecular flexibility index (Phi) is 5.36. The van der Waals surface area contributed by atoms with Crippen LogP contribution >= 0.6 is 23.2 Å². The molecule has 118 valence electrons. The third kappa shape index (κ3) is 4.55. The summed E-state index contributed by atoms with van der Waals surface area (Å²) in [7, 11) is 0. The van der Waals surface area contributed by atoms with Crippen LogP contribution < -0.4 is 5.32 Å². The summed E-state index contributed by atoms with van der Waals surface area (Å²) >= 11 is 11.8. The minimum atomic E-state index is -0.539. The van der Waals surface area contributed by atoms with Crippen molar-refractivity contribution in [3.8, 4) is 0 Å². The molecule has 0 saturated heterocycles. The zero-order chi connectivity index (χ0) is 17.0. The van der Waals surface area contributed by atoms with Gasteiger partial charge in [0.1, 0.15) is 5.69 Å². The van der Waals surface area contributed by atoms with Gasteiger partial charge in [-0.2, -0.15) is 0 Å². The number of amides is 1. The van der Waals surface area contributed by atoms with Gasteiger partial charge in [-0.05, 0) is 42.3 Å². The van der Waals surface area contributed by atoms with E-state index in [2.05, 4.69) is 5.32 Å². The highest BCUT2D eigenvalue weighted by Crippen LogP contribution is 2.25. The van der Waals surface area contributed by atoms with Crippen LogP contribution in [0.25, 0.3) is 6.08 Å². The van der Waals surface area contributed by atoms with Gasteiger partial charge in [0, 0.05) is 22.2 Å². The fourth-order valence-electron chi connectivity index (χ4n) is 1.87. The molecule has 5 nitrogen and oxygen atoms in total. The molecule has 0 spiro atoms. The predicted molar refractivity (Wildman–Crippen MR) is 92.0 cm³/mol. The van der Waals surface area contributed by atoms with Crippen LogP contribution in [-0.4, -0.2) is 10.8 Å². The molecule has 0 bridgehead atoms. The summed E-state index contributed by atoms with van der Waals surface area (Å²) in [5.41, 5.74) is 1.33. The predicted octanol–water partition coefficient (Wildman–Crippen LogP) is 4.86. The summed E-state index contributed by atoms with van der Waals surface area (Å²) < 4.78 is 0. The summed E-state index contributed by atoms with van der Waals surface area (Å²) in [6.45, 7) is 1.74. The Hall–Kier alpha value is -2.37. The van der Waals surface area contributed by atoms with Gasteiger partial charge in [-0.3, -0.25) is 14.9 Å². The second-order valence-electron chi connectivity index (χ2n) is 4.77. The molecule has 0 radical (unpaired) electrons. The number of aryl methyl sites for hydroxylation is 1. The van der Waals surface area contributed by atoms with Crippen molar-refractivity contribution in [1.29, 1.82) is 0 Å². The molecule has 0 aliphatic heterocycles. The molecule has 0 unspecified atom stereocenters. The molecule has 0 aliphatic carbocycles. The number of hydrogen-bond acceptors (Lipinski definition) is 3. The molecule has 23 heavy (non-hydrogen) atoms. The number of carbonyl (C=O) groups is 1. The van der Waals surface area contributed by atoms with Crippen LogP contribution in [0.3, 0.4) is 0 Å². The number of nitro benzene ring substituents is 1. The van der Waals surface area contributed by atoms with Crippen molar-refractivity contribution in [1.82, 2.24) is 0 Å². The first-order valence-electron chi connectivity index (χ1n) is 6.56. The smallest absolute Gasteiger partial charge is 0.293 e. The van der Waals surface area contributed by atoms with Crippen LogP contribution in [-0.2, 0) is 4.79 Å². The van der Waals surface area contributed by atoms with E-state index in [1.54, 1.807) is 31.2 Å². The Morgan fingerprint density at radius 3 is 2.61 bits per heavy atom. The van der Waals surface area contributed by atoms with Gasteiger partial charge in [0.2, 0.25) is 5.91 Å². The van der Waals surface area contributed by atoms with E-state index in [9.17, 15) is 14.9 Å². The van der Waals surface area contributed by atoms with Crippen LogP contribution in [0.5, 0.6) is 0 Å². The lowest BCUT2D eigenvalue weighted by Crippen LogP contribution is -2.09. The van der Waals surface area contributed by atoms with Crippen LogP contribution in [0, 0.1) is 17.0 Å². The standard InChI is InChI=1S/C16H12Cl2N2O3/c1-10-2-6-14(15(8-10)20(22)23)19-16(21)7-4-11-3-5-12(17)9-13(11)18/h2-9H,1H3,(H,19,21). The van der Waals surface area contributed by atoms with Crippen molar-refractivity contribution in [2.24, 2.45) is 0 Å². The number of benzene rings is 2. The van der Waals surface area contributed by atoms with Crippen LogP contribution in [0.1, 0.15) is 11.1 Å². The Labute approximate surface area is 142 Å². The van der Waals surface area contributed by atoms with E-state index in [1.165, 1.54) is 24.3 Å². The van der Waals surface area contributed by atoms with Gasteiger partial charge < -0.3 is 5.32 Å². The highest BCUT2D eigenvalue weighted by molar-refractivity contribution is 6.35. The number of anilines is 1. The molecular weight excluding hydrogens is 339 g/mol. The lowest BCUT2D eigenvalue weighted by Gasteiger charge is -2.04. The molecule has 0 aromatic heterocycles. The minimum Gasteiger partial charge on any atom is -0.317 e. The lowest BCUT2D eigenvalue weighted by molar-refractivity contribution is -0.384. The third-order valence-corrected chi connectivity index (χ3v) is 3.55. The van der Waals surface area contributed by atoms with Crippen LogP contribution in [0.15, 0.2) is 42.5 Å². The second kappa shape index (κ2) is 7.26. The fourth-order valence-corrected chi connectivity index (χ4v) is 2.35. The SMILES string of the molecule is Cc1ccc(NC(=O)C=Cc2ccc(Cl)cc2Cl)c([N+](=O)[O-])c1. The Morgan fingerprint density at radius 2 is 1.96 bits per heavy atom. The lowest BCUT2D eigenvalue weighted by atomic mass is 10.2. The third-order valence-electron chi connectivity index (χ3n) is 2.98. The average Bonchev–Trinajstić information content (AvgIpc) is 2.48. The summed E-state index contributed by atoms with van der Waals surface area (Å²) in [6, 6.07) is 9.45. The molecule has 2 aromatic carbocycles. The first-order chi connectivity index (χ1) is 10.9. The van der Waals surface area contributed by atoms with E-state index >= 15 is 0 Å². The van der Waals surface area contributed by atoms with Crippen molar-refractivity contribution < 1.29 is 9.72 Å². The number of carbonyl (C=O) groups excluding carboxylic acids is 1. The van der Waals surface area contributed by atoms with Gasteiger partial charge in [0.25, 0.3) is 5.69 Å². The van der Waals surface area contributed by atoms with Gasteiger partial charge in [0.15, 0.2) is 0 Å². The average molecular weight is 351 g/mol. The highest BCUT2D eigenvalue weighted by Gasteiger charge is 2.14. The Morgan fingerprint density at radius 1 is 1.22 bits per heavy atom. The van der Waals surface area contributed by atoms with E-state index in [0.29, 0.717) is 15.6 Å². The molecule has 0 fully saturated rings. The minimum absolute atomic E-state index is 0.137. The molecule has 1 amide bonds. The maximum Gasteiger partial charge on any atom is 0.293 e. The summed E-state index contributed by atoms with van der Waals surface area (Å²) in [4.78, 5) is 22.4. The number of nitro groups is 1.